The van der Waals surface area contributed by atoms with E-state index in [4.69, 9.17) is 15.2 Å². The molecule has 0 aromatic heterocycles. The van der Waals surface area contributed by atoms with Gasteiger partial charge in [-0.05, 0) is 48.4 Å². The van der Waals surface area contributed by atoms with Crippen molar-refractivity contribution in [3.05, 3.63) is 48.0 Å². The molecule has 0 spiro atoms. The fourth-order valence-electron chi connectivity index (χ4n) is 2.60. The minimum absolute atomic E-state index is 0.216. The van der Waals surface area contributed by atoms with Gasteiger partial charge in [0.05, 0.1) is 19.9 Å². The van der Waals surface area contributed by atoms with Gasteiger partial charge in [-0.1, -0.05) is 6.07 Å². The Labute approximate surface area is 163 Å². The van der Waals surface area contributed by atoms with E-state index in [1.165, 1.54) is 26.2 Å². The highest BCUT2D eigenvalue weighted by Crippen LogP contribution is 2.27. The Kier molecular flexibility index (Phi) is 6.97. The Morgan fingerprint density at radius 1 is 1.00 bits per heavy atom. The number of ether oxygens (including phenoxy) is 2. The van der Waals surface area contributed by atoms with Gasteiger partial charge in [-0.25, -0.2) is 4.90 Å². The molecule has 0 fully saturated rings. The highest BCUT2D eigenvalue weighted by atomic mass is 16.5. The number of hydrogen-bond acceptors (Lipinski definition) is 6. The van der Waals surface area contributed by atoms with Gasteiger partial charge in [0.15, 0.2) is 11.5 Å². The molecule has 3 amide bonds. The number of methoxy groups -OCH3 is 2. The Morgan fingerprint density at radius 3 is 2.21 bits per heavy atom. The van der Waals surface area contributed by atoms with Crippen LogP contribution in [0.5, 0.6) is 11.5 Å². The summed E-state index contributed by atoms with van der Waals surface area (Å²) >= 11 is 0. The maximum atomic E-state index is 12.4. The van der Waals surface area contributed by atoms with Crippen LogP contribution in [0.15, 0.2) is 42.5 Å². The van der Waals surface area contributed by atoms with Gasteiger partial charge in [0.2, 0.25) is 5.91 Å². The van der Waals surface area contributed by atoms with Gasteiger partial charge in [-0.3, -0.25) is 14.4 Å². The lowest BCUT2D eigenvalue weighted by Gasteiger charge is -2.18. The smallest absolute Gasteiger partial charge is 0.323 e. The van der Waals surface area contributed by atoms with Crippen LogP contribution >= 0.6 is 0 Å². The lowest BCUT2D eigenvalue weighted by molar-refractivity contribution is -0.139. The number of carbonyl (C=O) groups excluding carboxylic acids is 3. The second-order valence-corrected chi connectivity index (χ2v) is 5.95. The molecule has 148 valence electrons. The predicted molar refractivity (Wildman–Crippen MR) is 105 cm³/mol. The van der Waals surface area contributed by atoms with Crippen LogP contribution in [-0.4, -0.2) is 38.5 Å². The summed E-state index contributed by atoms with van der Waals surface area (Å²) in [5.74, 6) is -1.21. The topological polar surface area (TPSA) is 111 Å². The molecule has 0 unspecified atom stereocenters. The van der Waals surface area contributed by atoms with E-state index in [-0.39, 0.29) is 12.2 Å². The molecule has 2 aromatic carbocycles. The molecule has 0 saturated carbocycles. The van der Waals surface area contributed by atoms with Gasteiger partial charge in [-0.2, -0.15) is 0 Å². The van der Waals surface area contributed by atoms with Crippen LogP contribution < -0.4 is 25.4 Å². The van der Waals surface area contributed by atoms with Crippen LogP contribution in [0.25, 0.3) is 0 Å². The first-order valence-corrected chi connectivity index (χ1v) is 8.56. The van der Waals surface area contributed by atoms with E-state index in [2.05, 4.69) is 5.32 Å². The SMILES string of the molecule is COc1ccc(CCNC(=O)C(=O)N(C(C)=O)c2ccc(N)cc2)cc1OC. The van der Waals surface area contributed by atoms with Gasteiger partial charge in [0, 0.05) is 19.2 Å². The number of amides is 3. The molecule has 0 aliphatic rings. The van der Waals surface area contributed by atoms with Crippen molar-refractivity contribution >= 4 is 29.1 Å². The van der Waals surface area contributed by atoms with Gasteiger partial charge < -0.3 is 20.5 Å². The molecule has 0 saturated heterocycles. The van der Waals surface area contributed by atoms with Crippen molar-refractivity contribution in [3.8, 4) is 11.5 Å². The largest absolute Gasteiger partial charge is 0.493 e. The molecular formula is C20H23N3O5. The first kappa shape index (κ1) is 20.8. The second kappa shape index (κ2) is 9.40. The number of carbonyl (C=O) groups is 3. The molecule has 28 heavy (non-hydrogen) atoms. The van der Waals surface area contributed by atoms with Crippen LogP contribution in [0.4, 0.5) is 11.4 Å². The average molecular weight is 385 g/mol. The van der Waals surface area contributed by atoms with Crippen LogP contribution in [0.1, 0.15) is 12.5 Å². The van der Waals surface area contributed by atoms with Gasteiger partial charge >= 0.3 is 11.8 Å². The molecule has 8 nitrogen and oxygen atoms in total. The number of nitrogens with zero attached hydrogens (tertiary/aromatic N) is 1. The fraction of sp³-hybridized carbons (Fsp3) is 0.250. The Morgan fingerprint density at radius 2 is 1.64 bits per heavy atom. The third-order valence-corrected chi connectivity index (χ3v) is 4.01. The van der Waals surface area contributed by atoms with Crippen LogP contribution in [0, 0.1) is 0 Å². The quantitative estimate of drug-likeness (QED) is 0.576. The summed E-state index contributed by atoms with van der Waals surface area (Å²) in [6.07, 6.45) is 0.474. The first-order chi connectivity index (χ1) is 13.4. The monoisotopic (exact) mass is 385 g/mol. The van der Waals surface area contributed by atoms with E-state index in [1.54, 1.807) is 31.4 Å². The van der Waals surface area contributed by atoms with Crippen molar-refractivity contribution < 1.29 is 23.9 Å². The highest BCUT2D eigenvalue weighted by Gasteiger charge is 2.26. The molecule has 0 radical (unpaired) electrons. The number of benzene rings is 2. The highest BCUT2D eigenvalue weighted by molar-refractivity contribution is 6.45. The van der Waals surface area contributed by atoms with Crippen LogP contribution in [0.3, 0.4) is 0 Å². The summed E-state index contributed by atoms with van der Waals surface area (Å²) in [6, 6.07) is 11.5. The Bertz CT molecular complexity index is 865. The number of nitrogens with two attached hydrogens (primary N) is 1. The summed E-state index contributed by atoms with van der Waals surface area (Å²) in [5, 5.41) is 2.53. The zero-order chi connectivity index (χ0) is 20.7. The lowest BCUT2D eigenvalue weighted by Crippen LogP contribution is -2.45. The summed E-state index contributed by atoms with van der Waals surface area (Å²) in [5.41, 5.74) is 7.27. The van der Waals surface area contributed by atoms with Crippen molar-refractivity contribution in [2.24, 2.45) is 0 Å². The van der Waals surface area contributed by atoms with E-state index in [1.807, 2.05) is 6.07 Å². The lowest BCUT2D eigenvalue weighted by atomic mass is 10.1. The first-order valence-electron chi connectivity index (χ1n) is 8.56. The van der Waals surface area contributed by atoms with Crippen molar-refractivity contribution in [2.45, 2.75) is 13.3 Å². The van der Waals surface area contributed by atoms with E-state index in [0.717, 1.165) is 10.5 Å². The fourth-order valence-corrected chi connectivity index (χ4v) is 2.60. The van der Waals surface area contributed by atoms with E-state index < -0.39 is 17.7 Å². The van der Waals surface area contributed by atoms with Gasteiger partial charge in [-0.15, -0.1) is 0 Å². The molecule has 0 bridgehead atoms. The minimum Gasteiger partial charge on any atom is -0.493 e. The number of nitrogen functional groups attached to an aromatic ring is 1. The standard InChI is InChI=1S/C20H23N3O5/c1-13(24)23(16-7-5-15(21)6-8-16)20(26)19(25)22-11-10-14-4-9-17(27-2)18(12-14)28-3/h4-9,12H,10-11,21H2,1-3H3,(H,22,25). The molecule has 0 heterocycles. The maximum absolute atomic E-state index is 12.4. The number of anilines is 2. The second-order valence-electron chi connectivity index (χ2n) is 5.95. The predicted octanol–water partition coefficient (Wildman–Crippen LogP) is 1.52. The number of rotatable bonds is 6. The molecule has 0 aliphatic carbocycles. The molecule has 2 aromatic rings. The summed E-state index contributed by atoms with van der Waals surface area (Å²) < 4.78 is 10.4. The Hall–Kier alpha value is -3.55. The van der Waals surface area contributed by atoms with Crippen molar-refractivity contribution in [1.82, 2.24) is 5.32 Å². The molecule has 2 rings (SSSR count). The average Bonchev–Trinajstić information content (AvgIpc) is 2.69. The maximum Gasteiger partial charge on any atom is 0.323 e. The van der Waals surface area contributed by atoms with Crippen molar-refractivity contribution in [1.29, 1.82) is 0 Å². The van der Waals surface area contributed by atoms with Gasteiger partial charge in [0.25, 0.3) is 0 Å². The van der Waals surface area contributed by atoms with Crippen molar-refractivity contribution in [3.63, 3.8) is 0 Å². The number of hydrogen-bond donors (Lipinski definition) is 2. The third kappa shape index (κ3) is 5.00. The zero-order valence-corrected chi connectivity index (χ0v) is 16.0. The normalized spacial score (nSPS) is 10.1. The van der Waals surface area contributed by atoms with E-state index >= 15 is 0 Å². The van der Waals surface area contributed by atoms with Crippen LogP contribution in [-0.2, 0) is 20.8 Å². The van der Waals surface area contributed by atoms with Gasteiger partial charge in [0.1, 0.15) is 0 Å². The zero-order valence-electron chi connectivity index (χ0n) is 16.0. The molecule has 8 heteroatoms. The third-order valence-electron chi connectivity index (χ3n) is 4.01. The van der Waals surface area contributed by atoms with E-state index in [9.17, 15) is 14.4 Å². The molecule has 0 atom stereocenters. The number of nitrogens with one attached hydrogen (secondary N) is 1. The molecule has 3 N–H and O–H groups in total. The summed E-state index contributed by atoms with van der Waals surface area (Å²) in [6.45, 7) is 1.43. The van der Waals surface area contributed by atoms with E-state index in [0.29, 0.717) is 23.6 Å². The molecule has 0 aliphatic heterocycles. The summed E-state index contributed by atoms with van der Waals surface area (Å²) in [7, 11) is 3.08. The summed E-state index contributed by atoms with van der Waals surface area (Å²) in [4.78, 5) is 37.3. The number of imide groups is 1. The minimum atomic E-state index is -0.954. The molecular weight excluding hydrogens is 362 g/mol. The van der Waals surface area contributed by atoms with Crippen molar-refractivity contribution in [2.75, 3.05) is 31.4 Å². The van der Waals surface area contributed by atoms with Crippen LogP contribution in [0.2, 0.25) is 0 Å². The Balaban J connectivity index is 2.00.